The van der Waals surface area contributed by atoms with Crippen LogP contribution in [0.4, 0.5) is 0 Å². The van der Waals surface area contributed by atoms with Gasteiger partial charge in [0.25, 0.3) is 0 Å². The molecule has 8 heteroatoms. The lowest BCUT2D eigenvalue weighted by Gasteiger charge is -1.98. The summed E-state index contributed by atoms with van der Waals surface area (Å²) < 4.78 is 3.32. The molecule has 0 fully saturated rings. The van der Waals surface area contributed by atoms with E-state index in [9.17, 15) is 4.79 Å². The van der Waals surface area contributed by atoms with Crippen LogP contribution in [0.25, 0.3) is 16.9 Å². The first-order valence-electron chi connectivity index (χ1n) is 5.22. The van der Waals surface area contributed by atoms with Crippen molar-refractivity contribution in [2.24, 2.45) is 0 Å². The van der Waals surface area contributed by atoms with Gasteiger partial charge in [-0.15, -0.1) is 11.3 Å². The molecule has 3 heterocycles. The Morgan fingerprint density at radius 2 is 2.37 bits per heavy atom. The quantitative estimate of drug-likeness (QED) is 0.753. The van der Waals surface area contributed by atoms with Crippen molar-refractivity contribution >= 4 is 39.9 Å². The van der Waals surface area contributed by atoms with Gasteiger partial charge in [0.05, 0.1) is 23.1 Å². The van der Waals surface area contributed by atoms with Crippen molar-refractivity contribution in [1.82, 2.24) is 19.2 Å². The molecule has 0 aliphatic rings. The van der Waals surface area contributed by atoms with Gasteiger partial charge in [-0.3, -0.25) is 4.40 Å². The minimum atomic E-state index is -1.02. The van der Waals surface area contributed by atoms with E-state index >= 15 is 0 Å². The zero-order chi connectivity index (χ0) is 13.4. The lowest BCUT2D eigenvalue weighted by molar-refractivity contribution is -0.131. The van der Waals surface area contributed by atoms with E-state index in [0.29, 0.717) is 16.5 Å². The highest BCUT2D eigenvalue weighted by atomic mass is 35.5. The molecule has 0 unspecified atom stereocenters. The minimum Gasteiger partial charge on any atom is -0.478 e. The Morgan fingerprint density at radius 3 is 3.05 bits per heavy atom. The van der Waals surface area contributed by atoms with E-state index in [-0.39, 0.29) is 0 Å². The molecule has 0 aliphatic heterocycles. The molecule has 0 bridgehead atoms. The number of carbonyl (C=O) groups is 1. The first kappa shape index (κ1) is 11.9. The molecule has 3 aromatic heterocycles. The second-order valence-corrected chi connectivity index (χ2v) is 4.96. The Morgan fingerprint density at radius 1 is 1.53 bits per heavy atom. The summed E-state index contributed by atoms with van der Waals surface area (Å²) >= 11 is 7.29. The zero-order valence-electron chi connectivity index (χ0n) is 9.39. The van der Waals surface area contributed by atoms with Crippen molar-refractivity contribution in [1.29, 1.82) is 0 Å². The lowest BCUT2D eigenvalue weighted by atomic mass is 10.3. The number of fused-ring (bicyclic) bond motifs is 1. The highest BCUT2D eigenvalue weighted by molar-refractivity contribution is 7.15. The van der Waals surface area contributed by atoms with Crippen LogP contribution in [-0.2, 0) is 4.79 Å². The number of carboxylic acid groups (broad SMARTS) is 1. The normalized spacial score (nSPS) is 11.6. The molecule has 0 saturated heterocycles. The lowest BCUT2D eigenvalue weighted by Crippen LogP contribution is -1.98. The molecule has 3 aromatic rings. The molecule has 0 amide bonds. The summed E-state index contributed by atoms with van der Waals surface area (Å²) in [6.07, 6.45) is 7.49. The average molecular weight is 295 g/mol. The molecule has 1 N–H and O–H groups in total. The molecule has 6 nitrogen and oxygen atoms in total. The Kier molecular flexibility index (Phi) is 2.84. The summed E-state index contributed by atoms with van der Waals surface area (Å²) in [4.78, 5) is 15.8. The topological polar surface area (TPSA) is 72.4 Å². The van der Waals surface area contributed by atoms with Gasteiger partial charge >= 0.3 is 5.97 Å². The largest absolute Gasteiger partial charge is 0.478 e. The number of rotatable bonds is 3. The van der Waals surface area contributed by atoms with E-state index in [1.165, 1.54) is 28.3 Å². The average Bonchev–Trinajstić information content (AvgIpc) is 3.00. The van der Waals surface area contributed by atoms with Gasteiger partial charge in [-0.25, -0.2) is 9.48 Å². The third kappa shape index (κ3) is 2.13. The smallest absolute Gasteiger partial charge is 0.328 e. The third-order valence-corrected chi connectivity index (χ3v) is 3.38. The van der Waals surface area contributed by atoms with Crippen molar-refractivity contribution in [2.75, 3.05) is 0 Å². The van der Waals surface area contributed by atoms with Crippen LogP contribution in [0.1, 0.15) is 5.69 Å². The Bertz CT molecular complexity index is 786. The number of imidazole rings is 1. The molecule has 19 heavy (non-hydrogen) atoms. The highest BCUT2D eigenvalue weighted by Crippen LogP contribution is 2.22. The van der Waals surface area contributed by atoms with Crippen LogP contribution in [0, 0.1) is 0 Å². The van der Waals surface area contributed by atoms with E-state index in [1.807, 2.05) is 11.6 Å². The van der Waals surface area contributed by atoms with Gasteiger partial charge in [0.2, 0.25) is 0 Å². The van der Waals surface area contributed by atoms with Crippen LogP contribution in [-0.4, -0.2) is 30.2 Å². The summed E-state index contributed by atoms with van der Waals surface area (Å²) in [5.41, 5.74) is 0.637. The summed E-state index contributed by atoms with van der Waals surface area (Å²) in [5.74, 6) is -0.481. The van der Waals surface area contributed by atoms with Crippen molar-refractivity contribution in [2.45, 2.75) is 0 Å². The van der Waals surface area contributed by atoms with Gasteiger partial charge in [0.1, 0.15) is 0 Å². The zero-order valence-corrected chi connectivity index (χ0v) is 11.0. The second-order valence-electron chi connectivity index (χ2n) is 3.65. The first-order chi connectivity index (χ1) is 9.15. The maximum Gasteiger partial charge on any atom is 0.328 e. The van der Waals surface area contributed by atoms with E-state index in [2.05, 4.69) is 10.1 Å². The van der Waals surface area contributed by atoms with Crippen LogP contribution >= 0.6 is 22.9 Å². The molecule has 0 atom stereocenters. The van der Waals surface area contributed by atoms with Gasteiger partial charge in [0, 0.05) is 17.7 Å². The maximum atomic E-state index is 10.7. The van der Waals surface area contributed by atoms with Crippen molar-refractivity contribution < 1.29 is 9.90 Å². The Labute approximate surface area is 116 Å². The molecule has 96 valence electrons. The fraction of sp³-hybridized carbons (Fsp3) is 0. The first-order valence-corrected chi connectivity index (χ1v) is 6.48. The molecule has 0 aromatic carbocycles. The van der Waals surface area contributed by atoms with Gasteiger partial charge in [-0.1, -0.05) is 11.6 Å². The van der Waals surface area contributed by atoms with E-state index < -0.39 is 5.97 Å². The fourth-order valence-electron chi connectivity index (χ4n) is 1.68. The molecule has 3 rings (SSSR count). The van der Waals surface area contributed by atoms with Crippen molar-refractivity contribution in [3.05, 3.63) is 40.8 Å². The molecule has 0 radical (unpaired) electrons. The maximum absolute atomic E-state index is 10.7. The number of aromatic nitrogens is 4. The number of carboxylic acids is 1. The van der Waals surface area contributed by atoms with Gasteiger partial charge in [-0.05, 0) is 6.08 Å². The summed E-state index contributed by atoms with van der Waals surface area (Å²) in [6.45, 7) is 0. The second kappa shape index (κ2) is 4.52. The monoisotopic (exact) mass is 294 g/mol. The van der Waals surface area contributed by atoms with E-state index in [0.717, 1.165) is 11.0 Å². The van der Waals surface area contributed by atoms with Crippen LogP contribution in [0.3, 0.4) is 0 Å². The number of thiazole rings is 1. The predicted molar refractivity (Wildman–Crippen MR) is 71.9 cm³/mol. The van der Waals surface area contributed by atoms with E-state index in [1.54, 1.807) is 10.6 Å². The van der Waals surface area contributed by atoms with E-state index in [4.69, 9.17) is 16.7 Å². The number of halogens is 1. The van der Waals surface area contributed by atoms with Gasteiger partial charge < -0.3 is 5.11 Å². The third-order valence-electron chi connectivity index (χ3n) is 2.43. The summed E-state index contributed by atoms with van der Waals surface area (Å²) in [6, 6.07) is 0. The van der Waals surface area contributed by atoms with Gasteiger partial charge in [-0.2, -0.15) is 10.1 Å². The Balaban J connectivity index is 2.20. The molecule has 0 saturated carbocycles. The van der Waals surface area contributed by atoms with Crippen LogP contribution in [0.5, 0.6) is 0 Å². The summed E-state index contributed by atoms with van der Waals surface area (Å²) in [5, 5.41) is 15.2. The van der Waals surface area contributed by atoms with Crippen LogP contribution in [0.15, 0.2) is 30.0 Å². The number of hydrogen-bond acceptors (Lipinski definition) is 4. The number of aliphatic carboxylic acids is 1. The van der Waals surface area contributed by atoms with Crippen LogP contribution < -0.4 is 0 Å². The number of nitrogens with zero attached hydrogens (tertiary/aromatic N) is 4. The van der Waals surface area contributed by atoms with Crippen LogP contribution in [0.2, 0.25) is 5.02 Å². The van der Waals surface area contributed by atoms with Crippen molar-refractivity contribution in [3.8, 4) is 5.82 Å². The standard InChI is InChI=1S/C11H7ClN4O2S/c12-7-5-13-16(6-7)10-8(1-2-9(17)18)15-3-4-19-11(15)14-10/h1-6H,(H,17,18)/b2-1+. The molecule has 0 aliphatic carbocycles. The summed E-state index contributed by atoms with van der Waals surface area (Å²) in [7, 11) is 0. The SMILES string of the molecule is O=C(O)/C=C/c1c(-n2cc(Cl)cn2)nc2sccn12. The highest BCUT2D eigenvalue weighted by Gasteiger charge is 2.13. The Hall–Kier alpha value is -2.12. The number of hydrogen-bond donors (Lipinski definition) is 1. The van der Waals surface area contributed by atoms with Gasteiger partial charge in [0.15, 0.2) is 10.8 Å². The molecule has 0 spiro atoms. The molecular weight excluding hydrogens is 288 g/mol. The molecular formula is C11H7ClN4O2S. The predicted octanol–water partition coefficient (Wildman–Crippen LogP) is 2.33. The minimum absolute atomic E-state index is 0.490. The fourth-order valence-corrected chi connectivity index (χ4v) is 2.53. The van der Waals surface area contributed by atoms with Crippen molar-refractivity contribution in [3.63, 3.8) is 0 Å².